The van der Waals surface area contributed by atoms with Gasteiger partial charge in [0.1, 0.15) is 0 Å². The summed E-state index contributed by atoms with van der Waals surface area (Å²) in [4.78, 5) is 22.8. The highest BCUT2D eigenvalue weighted by Gasteiger charge is 2.13. The van der Waals surface area contributed by atoms with Crippen LogP contribution in [-0.2, 0) is 10.8 Å². The van der Waals surface area contributed by atoms with Gasteiger partial charge in [0.15, 0.2) is 0 Å². The fourth-order valence-electron chi connectivity index (χ4n) is 1.52. The molecule has 0 heterocycles. The number of hydrogen-bond acceptors (Lipinski definition) is 3. The van der Waals surface area contributed by atoms with Crippen molar-refractivity contribution in [2.45, 2.75) is 18.6 Å². The van der Waals surface area contributed by atoms with Crippen molar-refractivity contribution in [3.05, 3.63) is 28.2 Å². The minimum atomic E-state index is -1.12. The van der Waals surface area contributed by atoms with Crippen molar-refractivity contribution in [1.29, 1.82) is 0 Å². The predicted molar refractivity (Wildman–Crippen MR) is 86.3 cm³/mol. The molecule has 0 aromatic heterocycles. The summed E-state index contributed by atoms with van der Waals surface area (Å²) >= 11 is 3.18. The molecule has 8 heteroatoms. The third kappa shape index (κ3) is 5.84. The topological polar surface area (TPSA) is 95.5 Å². The first kappa shape index (κ1) is 17.6. The maximum atomic E-state index is 11.7. The molecule has 2 amide bonds. The minimum absolute atomic E-state index is 0.00237. The number of halogens is 1. The molecular formula is C13H17BrN2O4S. The fourth-order valence-corrected chi connectivity index (χ4v) is 2.33. The van der Waals surface area contributed by atoms with Gasteiger partial charge in [-0.25, -0.2) is 9.59 Å². The van der Waals surface area contributed by atoms with Crippen LogP contribution in [0, 0.1) is 0 Å². The highest BCUT2D eigenvalue weighted by Crippen LogP contribution is 2.21. The van der Waals surface area contributed by atoms with E-state index in [0.29, 0.717) is 17.4 Å². The van der Waals surface area contributed by atoms with Gasteiger partial charge in [-0.2, -0.15) is 0 Å². The van der Waals surface area contributed by atoms with E-state index in [2.05, 4.69) is 26.6 Å². The van der Waals surface area contributed by atoms with E-state index >= 15 is 0 Å². The molecule has 1 aromatic carbocycles. The Morgan fingerprint density at radius 1 is 1.43 bits per heavy atom. The third-order valence-electron chi connectivity index (χ3n) is 2.86. The zero-order valence-corrected chi connectivity index (χ0v) is 14.1. The van der Waals surface area contributed by atoms with Crippen LogP contribution >= 0.6 is 15.9 Å². The summed E-state index contributed by atoms with van der Waals surface area (Å²) in [5.41, 5.74) is 0.220. The van der Waals surface area contributed by atoms with E-state index in [9.17, 15) is 13.8 Å². The molecule has 0 aliphatic heterocycles. The number of rotatable bonds is 6. The molecular weight excluding hydrogens is 360 g/mol. The molecule has 2 unspecified atom stereocenters. The number of carbonyl (C=O) groups excluding carboxylic acids is 1. The monoisotopic (exact) mass is 376 g/mol. The number of carbonyl (C=O) groups is 2. The Kier molecular flexibility index (Phi) is 6.83. The molecule has 116 valence electrons. The molecule has 0 aliphatic rings. The SMILES string of the molecule is CC(CCNC(=O)Nc1ccc(Br)cc1C(=O)O)S(C)=O. The molecule has 0 fully saturated rings. The van der Waals surface area contributed by atoms with Crippen molar-refractivity contribution in [1.82, 2.24) is 5.32 Å². The van der Waals surface area contributed by atoms with Gasteiger partial charge in [-0.05, 0) is 24.6 Å². The molecule has 2 atom stereocenters. The van der Waals surface area contributed by atoms with Gasteiger partial charge in [0, 0.05) is 33.3 Å². The van der Waals surface area contributed by atoms with Crippen molar-refractivity contribution in [3.63, 3.8) is 0 Å². The number of aromatic carboxylic acids is 1. The quantitative estimate of drug-likeness (QED) is 0.710. The lowest BCUT2D eigenvalue weighted by atomic mass is 10.2. The zero-order chi connectivity index (χ0) is 16.0. The van der Waals surface area contributed by atoms with Gasteiger partial charge in [-0.3, -0.25) is 4.21 Å². The molecule has 1 aromatic rings. The van der Waals surface area contributed by atoms with Gasteiger partial charge in [-0.1, -0.05) is 22.9 Å². The standard InChI is InChI=1S/C13H17BrN2O4S/c1-8(21(2)20)5-6-15-13(19)16-11-4-3-9(14)7-10(11)12(17)18/h3-4,7-8H,5-6H2,1-2H3,(H,17,18)(H2,15,16,19). The Hall–Kier alpha value is -1.41. The Balaban J connectivity index is 2.59. The minimum Gasteiger partial charge on any atom is -0.478 e. The first-order valence-corrected chi connectivity index (χ1v) is 8.62. The number of carboxylic acids is 1. The van der Waals surface area contributed by atoms with Crippen LogP contribution in [0.1, 0.15) is 23.7 Å². The Labute approximate surface area is 133 Å². The number of anilines is 1. The Bertz CT molecular complexity index is 565. The smallest absolute Gasteiger partial charge is 0.337 e. The van der Waals surface area contributed by atoms with Crippen LogP contribution in [0.2, 0.25) is 0 Å². The Morgan fingerprint density at radius 3 is 2.67 bits per heavy atom. The van der Waals surface area contributed by atoms with E-state index in [1.54, 1.807) is 12.3 Å². The summed E-state index contributed by atoms with van der Waals surface area (Å²) in [6.45, 7) is 2.21. The maximum absolute atomic E-state index is 11.7. The summed E-state index contributed by atoms with van der Waals surface area (Å²) in [6, 6.07) is 4.08. The van der Waals surface area contributed by atoms with Crippen LogP contribution in [0.25, 0.3) is 0 Å². The molecule has 0 spiro atoms. The van der Waals surface area contributed by atoms with Gasteiger partial charge in [-0.15, -0.1) is 0 Å². The lowest BCUT2D eigenvalue weighted by molar-refractivity contribution is 0.0698. The largest absolute Gasteiger partial charge is 0.478 e. The van der Waals surface area contributed by atoms with Crippen molar-refractivity contribution >= 4 is 44.4 Å². The highest BCUT2D eigenvalue weighted by atomic mass is 79.9. The number of benzene rings is 1. The highest BCUT2D eigenvalue weighted by molar-refractivity contribution is 9.10. The normalized spacial score (nSPS) is 13.3. The van der Waals surface area contributed by atoms with E-state index in [0.717, 1.165) is 0 Å². The molecule has 6 nitrogen and oxygen atoms in total. The van der Waals surface area contributed by atoms with Crippen LogP contribution in [-0.4, -0.2) is 39.4 Å². The fraction of sp³-hybridized carbons (Fsp3) is 0.385. The van der Waals surface area contributed by atoms with Crippen LogP contribution in [0.5, 0.6) is 0 Å². The molecule has 0 aliphatic carbocycles. The van der Waals surface area contributed by atoms with Gasteiger partial charge >= 0.3 is 12.0 Å². The van der Waals surface area contributed by atoms with Gasteiger partial charge in [0.05, 0.1) is 11.3 Å². The van der Waals surface area contributed by atoms with E-state index in [-0.39, 0.29) is 16.5 Å². The van der Waals surface area contributed by atoms with Gasteiger partial charge in [0.2, 0.25) is 0 Å². The van der Waals surface area contributed by atoms with Crippen LogP contribution in [0.3, 0.4) is 0 Å². The van der Waals surface area contributed by atoms with E-state index < -0.39 is 22.8 Å². The third-order valence-corrected chi connectivity index (χ3v) is 4.73. The number of urea groups is 1. The molecule has 0 radical (unpaired) electrons. The first-order chi connectivity index (χ1) is 9.81. The summed E-state index contributed by atoms with van der Waals surface area (Å²) in [5.74, 6) is -1.12. The van der Waals surface area contributed by atoms with E-state index in [1.807, 2.05) is 6.92 Å². The summed E-state index contributed by atoms with van der Waals surface area (Å²) in [6.07, 6.45) is 2.20. The van der Waals surface area contributed by atoms with Crippen LogP contribution in [0.15, 0.2) is 22.7 Å². The summed E-state index contributed by atoms with van der Waals surface area (Å²) in [5, 5.41) is 14.2. The van der Waals surface area contributed by atoms with Crippen LogP contribution < -0.4 is 10.6 Å². The second-order valence-electron chi connectivity index (χ2n) is 4.47. The predicted octanol–water partition coefficient (Wildman–Crippen LogP) is 2.43. The number of hydrogen-bond donors (Lipinski definition) is 3. The molecule has 21 heavy (non-hydrogen) atoms. The summed E-state index contributed by atoms with van der Waals surface area (Å²) in [7, 11) is -0.930. The second-order valence-corrected chi connectivity index (χ2v) is 7.19. The lowest BCUT2D eigenvalue weighted by Crippen LogP contribution is -2.32. The molecule has 0 bridgehead atoms. The zero-order valence-electron chi connectivity index (χ0n) is 11.7. The number of nitrogens with one attached hydrogen (secondary N) is 2. The average Bonchev–Trinajstić information content (AvgIpc) is 2.40. The summed E-state index contributed by atoms with van der Waals surface area (Å²) < 4.78 is 11.8. The molecule has 0 saturated heterocycles. The molecule has 0 saturated carbocycles. The maximum Gasteiger partial charge on any atom is 0.337 e. The molecule has 1 rings (SSSR count). The second kappa shape index (κ2) is 8.14. The average molecular weight is 377 g/mol. The molecule has 3 N–H and O–H groups in total. The lowest BCUT2D eigenvalue weighted by Gasteiger charge is -2.12. The first-order valence-electron chi connectivity index (χ1n) is 6.21. The number of amides is 2. The van der Waals surface area contributed by atoms with E-state index in [4.69, 9.17) is 5.11 Å². The van der Waals surface area contributed by atoms with Crippen molar-refractivity contribution in [2.75, 3.05) is 18.1 Å². The van der Waals surface area contributed by atoms with Gasteiger partial charge < -0.3 is 15.7 Å². The number of carboxylic acid groups (broad SMARTS) is 1. The Morgan fingerprint density at radius 2 is 2.10 bits per heavy atom. The van der Waals surface area contributed by atoms with Crippen LogP contribution in [0.4, 0.5) is 10.5 Å². The van der Waals surface area contributed by atoms with Gasteiger partial charge in [0.25, 0.3) is 0 Å². The van der Waals surface area contributed by atoms with Crippen molar-refractivity contribution in [2.24, 2.45) is 0 Å². The van der Waals surface area contributed by atoms with Crippen molar-refractivity contribution in [3.8, 4) is 0 Å². The van der Waals surface area contributed by atoms with Crippen molar-refractivity contribution < 1.29 is 18.9 Å². The van der Waals surface area contributed by atoms with E-state index in [1.165, 1.54) is 12.1 Å².